The van der Waals surface area contributed by atoms with E-state index in [4.69, 9.17) is 0 Å². The van der Waals surface area contributed by atoms with Crippen molar-refractivity contribution in [3.8, 4) is 0 Å². The molecule has 108 valence electrons. The number of unbranched alkanes of at least 4 members (excludes halogenated alkanes) is 3. The summed E-state index contributed by atoms with van der Waals surface area (Å²) in [6, 6.07) is -0.319. The molecule has 1 saturated carbocycles. The third kappa shape index (κ3) is 2.77. The highest BCUT2D eigenvalue weighted by molar-refractivity contribution is 5.99. The molecule has 0 bridgehead atoms. The highest BCUT2D eigenvalue weighted by Gasteiger charge is 2.54. The SMILES string of the molecule is CCCCCCN1C(=O)C(C)(C2CC2)NC(=O)C1C. The quantitative estimate of drug-likeness (QED) is 0.748. The molecule has 1 aliphatic heterocycles. The Hall–Kier alpha value is -1.06. The molecule has 1 saturated heterocycles. The van der Waals surface area contributed by atoms with Gasteiger partial charge in [-0.25, -0.2) is 0 Å². The molecule has 4 heteroatoms. The van der Waals surface area contributed by atoms with Gasteiger partial charge in [-0.1, -0.05) is 26.2 Å². The third-order valence-electron chi connectivity index (χ3n) is 4.58. The van der Waals surface area contributed by atoms with Crippen LogP contribution in [0, 0.1) is 5.92 Å². The van der Waals surface area contributed by atoms with Gasteiger partial charge in [0.2, 0.25) is 11.8 Å². The number of nitrogens with one attached hydrogen (secondary N) is 1. The van der Waals surface area contributed by atoms with Gasteiger partial charge < -0.3 is 10.2 Å². The summed E-state index contributed by atoms with van der Waals surface area (Å²) in [5.41, 5.74) is -0.644. The van der Waals surface area contributed by atoms with Crippen molar-refractivity contribution in [2.24, 2.45) is 5.92 Å². The van der Waals surface area contributed by atoms with E-state index in [1.807, 2.05) is 13.8 Å². The Labute approximate surface area is 115 Å². The molecule has 0 radical (unpaired) electrons. The average Bonchev–Trinajstić information content (AvgIpc) is 3.20. The summed E-state index contributed by atoms with van der Waals surface area (Å²) in [6.07, 6.45) is 6.63. The number of nitrogens with zero attached hydrogens (tertiary/aromatic N) is 1. The zero-order valence-corrected chi connectivity index (χ0v) is 12.4. The average molecular weight is 266 g/mol. The standard InChI is InChI=1S/C15H26N2O2/c1-4-5-6-7-10-17-11(2)13(18)16-15(3,14(17)19)12-8-9-12/h11-12H,4-10H2,1-3H3,(H,16,18). The zero-order chi connectivity index (χ0) is 14.0. The van der Waals surface area contributed by atoms with Crippen LogP contribution in [-0.4, -0.2) is 34.8 Å². The minimum absolute atomic E-state index is 0.00416. The number of carbonyl (C=O) groups excluding carboxylic acids is 2. The fourth-order valence-electron chi connectivity index (χ4n) is 2.97. The lowest BCUT2D eigenvalue weighted by molar-refractivity contribution is -0.154. The van der Waals surface area contributed by atoms with Crippen LogP contribution in [0.2, 0.25) is 0 Å². The fourth-order valence-corrected chi connectivity index (χ4v) is 2.97. The van der Waals surface area contributed by atoms with Crippen LogP contribution in [0.4, 0.5) is 0 Å². The summed E-state index contributed by atoms with van der Waals surface area (Å²) in [4.78, 5) is 26.5. The smallest absolute Gasteiger partial charge is 0.248 e. The molecule has 0 aromatic rings. The van der Waals surface area contributed by atoms with Crippen LogP contribution in [0.3, 0.4) is 0 Å². The van der Waals surface area contributed by atoms with Crippen LogP contribution in [0.25, 0.3) is 0 Å². The lowest BCUT2D eigenvalue weighted by Gasteiger charge is -2.43. The van der Waals surface area contributed by atoms with Gasteiger partial charge in [-0.3, -0.25) is 9.59 Å². The maximum Gasteiger partial charge on any atom is 0.248 e. The summed E-state index contributed by atoms with van der Waals surface area (Å²) < 4.78 is 0. The largest absolute Gasteiger partial charge is 0.340 e. The van der Waals surface area contributed by atoms with Gasteiger partial charge in [0.05, 0.1) is 0 Å². The maximum absolute atomic E-state index is 12.7. The van der Waals surface area contributed by atoms with Crippen molar-refractivity contribution in [3.63, 3.8) is 0 Å². The molecule has 4 nitrogen and oxygen atoms in total. The van der Waals surface area contributed by atoms with E-state index in [-0.39, 0.29) is 17.9 Å². The van der Waals surface area contributed by atoms with Gasteiger partial charge in [-0.15, -0.1) is 0 Å². The van der Waals surface area contributed by atoms with Crippen molar-refractivity contribution >= 4 is 11.8 Å². The highest BCUT2D eigenvalue weighted by Crippen LogP contribution is 2.42. The molecule has 19 heavy (non-hydrogen) atoms. The minimum Gasteiger partial charge on any atom is -0.340 e. The molecule has 2 fully saturated rings. The maximum atomic E-state index is 12.7. The molecule has 1 N–H and O–H groups in total. The molecule has 2 atom stereocenters. The molecular formula is C15H26N2O2. The number of hydrogen-bond acceptors (Lipinski definition) is 2. The summed E-state index contributed by atoms with van der Waals surface area (Å²) in [5.74, 6) is 0.470. The van der Waals surface area contributed by atoms with Crippen LogP contribution in [-0.2, 0) is 9.59 Å². The first-order valence-corrected chi connectivity index (χ1v) is 7.63. The van der Waals surface area contributed by atoms with Gasteiger partial charge in [0, 0.05) is 6.54 Å². The van der Waals surface area contributed by atoms with Gasteiger partial charge in [-0.2, -0.15) is 0 Å². The minimum atomic E-state index is -0.644. The first-order chi connectivity index (χ1) is 9.00. The van der Waals surface area contributed by atoms with Crippen LogP contribution >= 0.6 is 0 Å². The molecule has 2 rings (SSSR count). The Bertz CT molecular complexity index is 365. The van der Waals surface area contributed by atoms with Gasteiger partial charge in [0.15, 0.2) is 0 Å². The van der Waals surface area contributed by atoms with Crippen molar-refractivity contribution in [2.75, 3.05) is 6.54 Å². The summed E-state index contributed by atoms with van der Waals surface area (Å²) in [5, 5.41) is 2.96. The van der Waals surface area contributed by atoms with E-state index in [0.717, 1.165) is 32.2 Å². The van der Waals surface area contributed by atoms with Crippen molar-refractivity contribution in [1.82, 2.24) is 10.2 Å². The van der Waals surface area contributed by atoms with E-state index in [1.165, 1.54) is 12.8 Å². The Balaban J connectivity index is 2.02. The van der Waals surface area contributed by atoms with E-state index in [2.05, 4.69) is 12.2 Å². The first-order valence-electron chi connectivity index (χ1n) is 7.63. The van der Waals surface area contributed by atoms with Gasteiger partial charge in [0.25, 0.3) is 0 Å². The second kappa shape index (κ2) is 5.51. The molecule has 0 aromatic heterocycles. The van der Waals surface area contributed by atoms with E-state index in [1.54, 1.807) is 4.90 Å². The van der Waals surface area contributed by atoms with Crippen LogP contribution < -0.4 is 5.32 Å². The second-order valence-corrected chi connectivity index (χ2v) is 6.20. The molecule has 2 aliphatic rings. The Morgan fingerprint density at radius 1 is 1.26 bits per heavy atom. The van der Waals surface area contributed by atoms with E-state index in [9.17, 15) is 9.59 Å². The van der Waals surface area contributed by atoms with Crippen molar-refractivity contribution in [2.45, 2.75) is 70.9 Å². The summed E-state index contributed by atoms with van der Waals surface area (Å²) >= 11 is 0. The molecule has 2 amide bonds. The van der Waals surface area contributed by atoms with Gasteiger partial charge >= 0.3 is 0 Å². The van der Waals surface area contributed by atoms with Crippen molar-refractivity contribution < 1.29 is 9.59 Å². The van der Waals surface area contributed by atoms with E-state index in [0.29, 0.717) is 5.92 Å². The molecule has 2 unspecified atom stereocenters. The van der Waals surface area contributed by atoms with Crippen molar-refractivity contribution in [1.29, 1.82) is 0 Å². The van der Waals surface area contributed by atoms with Crippen LogP contribution in [0.15, 0.2) is 0 Å². The molecule has 0 aromatic carbocycles. The number of piperazine rings is 1. The number of amides is 2. The lowest BCUT2D eigenvalue weighted by Crippen LogP contribution is -2.69. The Morgan fingerprint density at radius 3 is 2.53 bits per heavy atom. The first kappa shape index (κ1) is 14.4. The fraction of sp³-hybridized carbons (Fsp3) is 0.867. The number of carbonyl (C=O) groups is 2. The molecule has 1 aliphatic carbocycles. The van der Waals surface area contributed by atoms with Crippen molar-refractivity contribution in [3.05, 3.63) is 0 Å². The second-order valence-electron chi connectivity index (χ2n) is 6.20. The van der Waals surface area contributed by atoms with Crippen LogP contribution in [0.1, 0.15) is 59.3 Å². The van der Waals surface area contributed by atoms with Gasteiger partial charge in [-0.05, 0) is 39.0 Å². The third-order valence-corrected chi connectivity index (χ3v) is 4.58. The highest BCUT2D eigenvalue weighted by atomic mass is 16.2. The predicted octanol–water partition coefficient (Wildman–Crippen LogP) is 2.08. The lowest BCUT2D eigenvalue weighted by atomic mass is 9.89. The van der Waals surface area contributed by atoms with E-state index < -0.39 is 5.54 Å². The zero-order valence-electron chi connectivity index (χ0n) is 12.4. The molecule has 1 heterocycles. The van der Waals surface area contributed by atoms with Gasteiger partial charge in [0.1, 0.15) is 11.6 Å². The number of rotatable bonds is 6. The number of hydrogen-bond donors (Lipinski definition) is 1. The summed E-state index contributed by atoms with van der Waals surface area (Å²) in [7, 11) is 0. The van der Waals surface area contributed by atoms with E-state index >= 15 is 0 Å². The Kier molecular flexibility index (Phi) is 4.16. The van der Waals surface area contributed by atoms with Crippen LogP contribution in [0.5, 0.6) is 0 Å². The monoisotopic (exact) mass is 266 g/mol. The molecule has 0 spiro atoms. The summed E-state index contributed by atoms with van der Waals surface area (Å²) in [6.45, 7) is 6.62. The normalized spacial score (nSPS) is 31.5. The Morgan fingerprint density at radius 2 is 1.95 bits per heavy atom. The topological polar surface area (TPSA) is 49.4 Å². The predicted molar refractivity (Wildman–Crippen MR) is 74.6 cm³/mol. The molecular weight excluding hydrogens is 240 g/mol.